The first kappa shape index (κ1) is 12.9. The van der Waals surface area contributed by atoms with Crippen LogP contribution in [0.4, 0.5) is 0 Å². The van der Waals surface area contributed by atoms with Crippen LogP contribution >= 0.6 is 0 Å². The van der Waals surface area contributed by atoms with Gasteiger partial charge in [0.05, 0.1) is 21.3 Å². The van der Waals surface area contributed by atoms with E-state index in [0.29, 0.717) is 23.2 Å². The number of guanidine groups is 1. The van der Waals surface area contributed by atoms with E-state index in [9.17, 15) is 4.79 Å². The number of nitrogens with two attached hydrogens (primary N) is 1. The first-order valence-corrected chi connectivity index (χ1v) is 5.68. The molecule has 1 aliphatic heterocycles. The number of carbonyl (C=O) groups is 1. The molecule has 100 valence electrons. The first-order valence-electron chi connectivity index (χ1n) is 5.68. The third-order valence-corrected chi connectivity index (χ3v) is 2.91. The van der Waals surface area contributed by atoms with Crippen LogP contribution in [0.2, 0.25) is 0 Å². The molecule has 0 spiro atoms. The zero-order valence-electron chi connectivity index (χ0n) is 11.1. The number of hydrogen-bond donors (Lipinski definition) is 2. The second-order valence-corrected chi connectivity index (χ2v) is 4.04. The molecule has 1 aliphatic rings. The van der Waals surface area contributed by atoms with E-state index in [1.54, 1.807) is 44.1 Å². The van der Waals surface area contributed by atoms with E-state index in [2.05, 4.69) is 5.32 Å². The highest BCUT2D eigenvalue weighted by molar-refractivity contribution is 6.08. The fourth-order valence-electron chi connectivity index (χ4n) is 1.81. The average molecular weight is 262 g/mol. The molecule has 0 fully saturated rings. The van der Waals surface area contributed by atoms with Crippen molar-refractivity contribution in [3.63, 3.8) is 0 Å². The lowest BCUT2D eigenvalue weighted by Crippen LogP contribution is -2.32. The highest BCUT2D eigenvalue weighted by atomic mass is 16.5. The van der Waals surface area contributed by atoms with E-state index in [-0.39, 0.29) is 5.91 Å². The van der Waals surface area contributed by atoms with Crippen LogP contribution in [0.25, 0.3) is 6.08 Å². The van der Waals surface area contributed by atoms with Crippen molar-refractivity contribution in [3.8, 4) is 11.5 Å². The molecule has 0 unspecified atom stereocenters. The molecule has 6 nitrogen and oxygen atoms in total. The van der Waals surface area contributed by atoms with Crippen molar-refractivity contribution in [2.24, 2.45) is 5.73 Å². The standard InChI is InChI=1S/C13H15N3O3/c1-16-9(12(17)15-13(16)14)6-8-4-5-10(18-2)11(7-8)19-3/h4-7H,1-3H3,(H2,14,15,17)/p+1. The van der Waals surface area contributed by atoms with Crippen molar-refractivity contribution < 1.29 is 18.8 Å². The minimum Gasteiger partial charge on any atom is -0.493 e. The molecule has 0 atom stereocenters. The Labute approximate surface area is 111 Å². The lowest BCUT2D eigenvalue weighted by atomic mass is 10.1. The number of likely N-dealkylation sites (N-methyl/N-ethyl adjacent to an activating group) is 1. The van der Waals surface area contributed by atoms with E-state index in [4.69, 9.17) is 15.2 Å². The van der Waals surface area contributed by atoms with Crippen LogP contribution in [0.1, 0.15) is 5.56 Å². The second-order valence-electron chi connectivity index (χ2n) is 4.04. The predicted molar refractivity (Wildman–Crippen MR) is 71.0 cm³/mol. The number of benzene rings is 1. The zero-order chi connectivity index (χ0) is 14.0. The summed E-state index contributed by atoms with van der Waals surface area (Å²) in [5, 5.41) is 2.55. The Kier molecular flexibility index (Phi) is 3.41. The SMILES string of the molecule is COc1ccc(C=C2C(=O)NC(N)=[N+]2C)cc1OC. The molecular weight excluding hydrogens is 246 g/mol. The van der Waals surface area contributed by atoms with Crippen molar-refractivity contribution in [3.05, 3.63) is 29.5 Å². The summed E-state index contributed by atoms with van der Waals surface area (Å²) in [6.07, 6.45) is 1.73. The molecule has 0 radical (unpaired) electrons. The maximum absolute atomic E-state index is 11.7. The monoisotopic (exact) mass is 262 g/mol. The summed E-state index contributed by atoms with van der Waals surface area (Å²) in [6.45, 7) is 0. The van der Waals surface area contributed by atoms with Gasteiger partial charge in [-0.1, -0.05) is 6.07 Å². The van der Waals surface area contributed by atoms with Gasteiger partial charge in [-0.2, -0.15) is 0 Å². The molecule has 1 amide bonds. The maximum Gasteiger partial charge on any atom is 0.356 e. The van der Waals surface area contributed by atoms with Crippen molar-refractivity contribution >= 4 is 17.9 Å². The zero-order valence-corrected chi connectivity index (χ0v) is 11.1. The predicted octanol–water partition coefficient (Wildman–Crippen LogP) is 0.132. The van der Waals surface area contributed by atoms with Crippen LogP contribution in [0.3, 0.4) is 0 Å². The molecule has 0 saturated heterocycles. The third kappa shape index (κ3) is 2.37. The van der Waals surface area contributed by atoms with Gasteiger partial charge in [-0.05, 0) is 23.8 Å². The Morgan fingerprint density at radius 2 is 1.95 bits per heavy atom. The first-order chi connectivity index (χ1) is 9.06. The number of carbonyl (C=O) groups excluding carboxylic acids is 1. The highest BCUT2D eigenvalue weighted by Crippen LogP contribution is 2.28. The number of methoxy groups -OCH3 is 2. The Balaban J connectivity index is 2.41. The van der Waals surface area contributed by atoms with Gasteiger partial charge in [0.25, 0.3) is 0 Å². The lowest BCUT2D eigenvalue weighted by Gasteiger charge is -2.07. The summed E-state index contributed by atoms with van der Waals surface area (Å²) >= 11 is 0. The number of rotatable bonds is 3. The van der Waals surface area contributed by atoms with Gasteiger partial charge >= 0.3 is 11.9 Å². The van der Waals surface area contributed by atoms with Gasteiger partial charge in [0, 0.05) is 0 Å². The normalized spacial score (nSPS) is 16.8. The Bertz CT molecular complexity index is 591. The van der Waals surface area contributed by atoms with Crippen LogP contribution in [0.5, 0.6) is 11.5 Å². The maximum atomic E-state index is 11.7. The van der Waals surface area contributed by atoms with Gasteiger partial charge in [-0.25, -0.2) is 14.7 Å². The molecule has 0 saturated carbocycles. The van der Waals surface area contributed by atoms with Crippen LogP contribution < -0.4 is 20.5 Å². The smallest absolute Gasteiger partial charge is 0.356 e. The minimum absolute atomic E-state index is 0.227. The van der Waals surface area contributed by atoms with Gasteiger partial charge in [0.15, 0.2) is 17.2 Å². The largest absolute Gasteiger partial charge is 0.493 e. The van der Waals surface area contributed by atoms with Gasteiger partial charge in [0.1, 0.15) is 0 Å². The van der Waals surface area contributed by atoms with E-state index >= 15 is 0 Å². The molecule has 3 N–H and O–H groups in total. The van der Waals surface area contributed by atoms with E-state index in [1.807, 2.05) is 6.07 Å². The molecule has 2 rings (SSSR count). The Morgan fingerprint density at radius 3 is 2.47 bits per heavy atom. The molecule has 1 heterocycles. The topological polar surface area (TPSA) is 76.6 Å². The Hall–Kier alpha value is -2.50. The van der Waals surface area contributed by atoms with Crippen LogP contribution in [0, 0.1) is 0 Å². The fraction of sp³-hybridized carbons (Fsp3) is 0.231. The second kappa shape index (κ2) is 5.01. The molecule has 1 aromatic rings. The quantitative estimate of drug-likeness (QED) is 0.599. The van der Waals surface area contributed by atoms with Gasteiger partial charge in [-0.15, -0.1) is 0 Å². The molecular formula is C13H16N3O3+. The van der Waals surface area contributed by atoms with Crippen molar-refractivity contribution in [1.82, 2.24) is 5.32 Å². The summed E-state index contributed by atoms with van der Waals surface area (Å²) in [5.41, 5.74) is 6.94. The van der Waals surface area contributed by atoms with E-state index in [0.717, 1.165) is 5.56 Å². The van der Waals surface area contributed by atoms with Gasteiger partial charge in [-0.3, -0.25) is 5.73 Å². The summed E-state index contributed by atoms with van der Waals surface area (Å²) < 4.78 is 12.0. The molecule has 19 heavy (non-hydrogen) atoms. The molecule has 6 heteroatoms. The highest BCUT2D eigenvalue weighted by Gasteiger charge is 2.28. The van der Waals surface area contributed by atoms with Gasteiger partial charge in [0.2, 0.25) is 0 Å². The average Bonchev–Trinajstić information content (AvgIpc) is 2.65. The molecule has 0 bridgehead atoms. The number of nitrogens with zero attached hydrogens (tertiary/aromatic N) is 1. The van der Waals surface area contributed by atoms with Gasteiger partial charge < -0.3 is 9.47 Å². The number of nitrogens with one attached hydrogen (secondary N) is 1. The van der Waals surface area contributed by atoms with Crippen molar-refractivity contribution in [2.45, 2.75) is 0 Å². The minimum atomic E-state index is -0.227. The summed E-state index contributed by atoms with van der Waals surface area (Å²) in [6, 6.07) is 5.41. The third-order valence-electron chi connectivity index (χ3n) is 2.91. The Morgan fingerprint density at radius 1 is 1.26 bits per heavy atom. The van der Waals surface area contributed by atoms with Crippen molar-refractivity contribution in [1.29, 1.82) is 0 Å². The molecule has 0 aromatic heterocycles. The summed E-state index contributed by atoms with van der Waals surface area (Å²) in [4.78, 5) is 11.7. The number of ether oxygens (including phenoxy) is 2. The van der Waals surface area contributed by atoms with Crippen LogP contribution in [-0.2, 0) is 4.79 Å². The van der Waals surface area contributed by atoms with E-state index < -0.39 is 0 Å². The lowest BCUT2D eigenvalue weighted by molar-refractivity contribution is -0.432. The molecule has 1 aromatic carbocycles. The fourth-order valence-corrected chi connectivity index (χ4v) is 1.81. The summed E-state index contributed by atoms with van der Waals surface area (Å²) in [5.74, 6) is 1.33. The van der Waals surface area contributed by atoms with Crippen LogP contribution in [0.15, 0.2) is 23.9 Å². The summed E-state index contributed by atoms with van der Waals surface area (Å²) in [7, 11) is 4.86. The number of amides is 1. The van der Waals surface area contributed by atoms with Crippen molar-refractivity contribution in [2.75, 3.05) is 21.3 Å². The van der Waals surface area contributed by atoms with Crippen LogP contribution in [-0.4, -0.2) is 37.7 Å². The number of hydrogen-bond acceptors (Lipinski definition) is 4. The van der Waals surface area contributed by atoms with E-state index in [1.165, 1.54) is 0 Å². The molecule has 0 aliphatic carbocycles.